The second kappa shape index (κ2) is 12.4. The van der Waals surface area contributed by atoms with Gasteiger partial charge in [-0.2, -0.15) is 0 Å². The van der Waals surface area contributed by atoms with Crippen molar-refractivity contribution in [2.24, 2.45) is 0 Å². The molecule has 0 amide bonds. The number of nitrogens with zero attached hydrogens (tertiary/aromatic N) is 4. The van der Waals surface area contributed by atoms with Gasteiger partial charge in [0, 0.05) is 26.2 Å². The summed E-state index contributed by atoms with van der Waals surface area (Å²) in [7, 11) is 3.11. The van der Waals surface area contributed by atoms with Crippen LogP contribution < -0.4 is 14.2 Å². The lowest BCUT2D eigenvalue weighted by atomic mass is 10.1. The zero-order valence-corrected chi connectivity index (χ0v) is 23.1. The van der Waals surface area contributed by atoms with Gasteiger partial charge in [0.25, 0.3) is 0 Å². The fraction of sp³-hybridized carbons (Fsp3) is 0.231. The number of aromatic nitrogens is 3. The molecular formula is C26H24Cl2N4O5S. The van der Waals surface area contributed by atoms with Crippen molar-refractivity contribution in [3.63, 3.8) is 0 Å². The van der Waals surface area contributed by atoms with Gasteiger partial charge in [-0.15, -0.1) is 10.2 Å². The van der Waals surface area contributed by atoms with Crippen LogP contribution in [0.2, 0.25) is 10.0 Å². The first kappa shape index (κ1) is 27.6. The molecule has 0 aliphatic carbocycles. The Hall–Kier alpha value is -3.47. The lowest BCUT2D eigenvalue weighted by molar-refractivity contribution is -0.479. The predicted octanol–water partition coefficient (Wildman–Crippen LogP) is 6.59. The number of aryl methyl sites for hydroxylation is 1. The van der Waals surface area contributed by atoms with Crippen molar-refractivity contribution in [2.75, 3.05) is 20.8 Å². The smallest absolute Gasteiger partial charge is 0.220 e. The molecule has 9 nitrogen and oxygen atoms in total. The minimum Gasteiger partial charge on any atom is -0.497 e. The monoisotopic (exact) mass is 574 g/mol. The topological polar surface area (TPSA) is 102 Å². The normalized spacial score (nSPS) is 11.7. The van der Waals surface area contributed by atoms with Crippen molar-refractivity contribution in [1.82, 2.24) is 14.8 Å². The van der Waals surface area contributed by atoms with E-state index in [2.05, 4.69) is 10.2 Å². The highest BCUT2D eigenvalue weighted by molar-refractivity contribution is 7.99. The van der Waals surface area contributed by atoms with E-state index in [1.165, 1.54) is 18.9 Å². The van der Waals surface area contributed by atoms with Crippen LogP contribution in [-0.2, 0) is 6.61 Å². The highest BCUT2D eigenvalue weighted by Crippen LogP contribution is 2.40. The minimum absolute atomic E-state index is 0.197. The Labute approximate surface area is 233 Å². The van der Waals surface area contributed by atoms with E-state index >= 15 is 0 Å². The summed E-state index contributed by atoms with van der Waals surface area (Å²) in [5.74, 6) is 2.28. The largest absolute Gasteiger partial charge is 0.497 e. The Bertz CT molecular complexity index is 1430. The molecule has 1 aromatic heterocycles. The summed E-state index contributed by atoms with van der Waals surface area (Å²) in [4.78, 5) is 11.2. The van der Waals surface area contributed by atoms with Gasteiger partial charge in [-0.25, -0.2) is 0 Å². The van der Waals surface area contributed by atoms with Gasteiger partial charge in [-0.1, -0.05) is 47.1 Å². The van der Waals surface area contributed by atoms with Crippen LogP contribution in [0.3, 0.4) is 0 Å². The molecule has 0 aliphatic heterocycles. The summed E-state index contributed by atoms with van der Waals surface area (Å²) in [5.41, 5.74) is 2.26. The van der Waals surface area contributed by atoms with E-state index in [1.54, 1.807) is 43.5 Å². The number of halogens is 2. The van der Waals surface area contributed by atoms with Gasteiger partial charge < -0.3 is 14.2 Å². The maximum absolute atomic E-state index is 11.6. The van der Waals surface area contributed by atoms with Crippen LogP contribution in [0.4, 0.5) is 0 Å². The molecule has 0 aliphatic rings. The molecule has 0 radical (unpaired) electrons. The van der Waals surface area contributed by atoms with E-state index < -0.39 is 5.25 Å². The standard InChI is InChI=1S/C26H24Cl2N4O5S/c1-16-29-30-26(32(16)20-7-9-21(35-2)10-8-20)38-25(14-31(33)34)17-5-11-23(24(12-17)36-3)37-15-18-4-6-19(27)13-22(18)28/h4-13,25H,14-15H2,1-3H3/t25-/m1/s1. The summed E-state index contributed by atoms with van der Waals surface area (Å²) >= 11 is 13.5. The molecule has 12 heteroatoms. The van der Waals surface area contributed by atoms with Crippen molar-refractivity contribution in [3.8, 4) is 22.9 Å². The molecule has 1 heterocycles. The quantitative estimate of drug-likeness (QED) is 0.112. The first-order chi connectivity index (χ1) is 18.3. The van der Waals surface area contributed by atoms with Gasteiger partial charge >= 0.3 is 0 Å². The van der Waals surface area contributed by atoms with Crippen LogP contribution in [0.5, 0.6) is 17.2 Å². The molecule has 3 aromatic carbocycles. The van der Waals surface area contributed by atoms with E-state index in [1.807, 2.05) is 35.8 Å². The third-order valence-corrected chi connectivity index (χ3v) is 7.41. The molecular weight excluding hydrogens is 551 g/mol. The van der Waals surface area contributed by atoms with Gasteiger partial charge in [-0.3, -0.25) is 14.7 Å². The molecule has 198 valence electrons. The molecule has 4 aromatic rings. The summed E-state index contributed by atoms with van der Waals surface area (Å²) in [6.45, 7) is 1.69. The van der Waals surface area contributed by atoms with Gasteiger partial charge in [-0.05, 0) is 61.0 Å². The van der Waals surface area contributed by atoms with E-state index in [0.29, 0.717) is 43.8 Å². The van der Waals surface area contributed by atoms with Crippen molar-refractivity contribution in [1.29, 1.82) is 0 Å². The summed E-state index contributed by atoms with van der Waals surface area (Å²) in [5, 5.41) is 21.1. The Morgan fingerprint density at radius 3 is 2.42 bits per heavy atom. The molecule has 0 saturated heterocycles. The summed E-state index contributed by atoms with van der Waals surface area (Å²) < 4.78 is 18.6. The maximum atomic E-state index is 11.6. The lowest BCUT2D eigenvalue weighted by Gasteiger charge is -2.17. The molecule has 4 rings (SSSR count). The average Bonchev–Trinajstić information content (AvgIpc) is 3.27. The number of hydrogen-bond acceptors (Lipinski definition) is 8. The van der Waals surface area contributed by atoms with E-state index in [0.717, 1.165) is 11.3 Å². The van der Waals surface area contributed by atoms with Crippen molar-refractivity contribution >= 4 is 35.0 Å². The minimum atomic E-state index is -0.570. The van der Waals surface area contributed by atoms with Gasteiger partial charge in [0.1, 0.15) is 23.4 Å². The molecule has 38 heavy (non-hydrogen) atoms. The Balaban J connectivity index is 1.60. The Kier molecular flexibility index (Phi) is 8.98. The fourth-order valence-electron chi connectivity index (χ4n) is 3.72. The summed E-state index contributed by atoms with van der Waals surface area (Å²) in [6, 6.07) is 17.8. The van der Waals surface area contributed by atoms with Crippen molar-refractivity contribution < 1.29 is 19.1 Å². The van der Waals surface area contributed by atoms with Crippen LogP contribution >= 0.6 is 35.0 Å². The molecule has 0 N–H and O–H groups in total. The molecule has 0 fully saturated rings. The highest BCUT2D eigenvalue weighted by atomic mass is 35.5. The van der Waals surface area contributed by atoms with E-state index in [4.69, 9.17) is 37.4 Å². The molecule has 0 saturated carbocycles. The number of hydrogen-bond donors (Lipinski definition) is 0. The Morgan fingerprint density at radius 1 is 1.00 bits per heavy atom. The Morgan fingerprint density at radius 2 is 1.76 bits per heavy atom. The first-order valence-corrected chi connectivity index (χ1v) is 13.0. The molecule has 0 unspecified atom stereocenters. The van der Waals surface area contributed by atoms with Crippen LogP contribution in [0.25, 0.3) is 5.69 Å². The second-order valence-electron chi connectivity index (χ2n) is 8.12. The van der Waals surface area contributed by atoms with E-state index in [9.17, 15) is 10.1 Å². The SMILES string of the molecule is COc1ccc(-n2c(C)nnc2S[C@H](C[N+](=O)[O-])c2ccc(OCc3ccc(Cl)cc3Cl)c(OC)c2)cc1. The number of benzene rings is 3. The maximum Gasteiger partial charge on any atom is 0.220 e. The second-order valence-corrected chi connectivity index (χ2v) is 10.1. The van der Waals surface area contributed by atoms with Gasteiger partial charge in [0.05, 0.1) is 14.2 Å². The van der Waals surface area contributed by atoms with Crippen LogP contribution in [-0.4, -0.2) is 40.5 Å². The van der Waals surface area contributed by atoms with Crippen LogP contribution in [0.1, 0.15) is 22.2 Å². The predicted molar refractivity (Wildman–Crippen MR) is 147 cm³/mol. The van der Waals surface area contributed by atoms with Crippen LogP contribution in [0, 0.1) is 17.0 Å². The zero-order chi connectivity index (χ0) is 27.2. The number of ether oxygens (including phenoxy) is 3. The van der Waals surface area contributed by atoms with Crippen LogP contribution in [0.15, 0.2) is 65.8 Å². The third-order valence-electron chi connectivity index (χ3n) is 5.65. The first-order valence-electron chi connectivity index (χ1n) is 11.4. The third kappa shape index (κ3) is 6.50. The fourth-order valence-corrected chi connectivity index (χ4v) is 5.35. The molecule has 1 atom stereocenters. The number of thioether (sulfide) groups is 1. The zero-order valence-electron chi connectivity index (χ0n) is 20.8. The van der Waals surface area contributed by atoms with Crippen molar-refractivity contribution in [3.05, 3.63) is 97.8 Å². The number of nitro groups is 1. The summed E-state index contributed by atoms with van der Waals surface area (Å²) in [6.07, 6.45) is 0. The number of rotatable bonds is 11. The van der Waals surface area contributed by atoms with Gasteiger partial charge in [0.15, 0.2) is 16.7 Å². The van der Waals surface area contributed by atoms with Gasteiger partial charge in [0.2, 0.25) is 6.54 Å². The average molecular weight is 575 g/mol. The number of methoxy groups -OCH3 is 2. The lowest BCUT2D eigenvalue weighted by Crippen LogP contribution is -2.11. The van der Waals surface area contributed by atoms with Crippen molar-refractivity contribution in [2.45, 2.75) is 23.9 Å². The van der Waals surface area contributed by atoms with E-state index in [-0.39, 0.29) is 18.1 Å². The molecule has 0 spiro atoms. The highest BCUT2D eigenvalue weighted by Gasteiger charge is 2.25. The molecule has 0 bridgehead atoms.